The van der Waals surface area contributed by atoms with Gasteiger partial charge in [-0.3, -0.25) is 37.7 Å². The fraction of sp³-hybridized carbons (Fsp3) is 0.429. The van der Waals surface area contributed by atoms with Crippen molar-refractivity contribution in [3.8, 4) is 0 Å². The smallest absolute Gasteiger partial charge is 0.389 e. The van der Waals surface area contributed by atoms with Crippen LogP contribution in [0.1, 0.15) is 36.4 Å². The van der Waals surface area contributed by atoms with Crippen LogP contribution in [0, 0.1) is 13.8 Å². The zero-order valence-electron chi connectivity index (χ0n) is 29.5. The van der Waals surface area contributed by atoms with Crippen molar-refractivity contribution in [1.82, 2.24) is 19.1 Å². The summed E-state index contributed by atoms with van der Waals surface area (Å²) in [5, 5.41) is 23.6. The van der Waals surface area contributed by atoms with Crippen molar-refractivity contribution < 1.29 is 33.3 Å². The molecule has 4 aromatic rings. The highest BCUT2D eigenvalue weighted by atomic mass is 32.7. The molecule has 0 amide bonds. The molecule has 0 aliphatic carbocycles. The number of hydrogen-bond acceptors (Lipinski definition) is 12. The summed E-state index contributed by atoms with van der Waals surface area (Å²) in [6.45, 7) is 0.306. The maximum Gasteiger partial charge on any atom is 0.389 e. The van der Waals surface area contributed by atoms with Gasteiger partial charge in [0.25, 0.3) is 11.1 Å². The zero-order valence-corrected chi connectivity index (χ0v) is 32.2. The SMILES string of the molecule is Cc1cn([C@H]2C[C@H](OP(=O)(OC[C@H]3O[C@@H](n4cc(C)c(=O)[nH]c4=O)C[C@@H]3O)SCC[Si](C)(c3ccccc3)c3ccccc3)[C@@H](CO)O2)c(=O)[nH]c1=O. The molecule has 2 aromatic carbocycles. The summed E-state index contributed by atoms with van der Waals surface area (Å²) < 4.78 is 41.4. The predicted molar refractivity (Wildman–Crippen MR) is 202 cm³/mol. The predicted octanol–water partition coefficient (Wildman–Crippen LogP) is 1.77. The van der Waals surface area contributed by atoms with Crippen LogP contribution in [0.2, 0.25) is 12.6 Å². The molecule has 4 N–H and O–H groups in total. The van der Waals surface area contributed by atoms with Crippen molar-refractivity contribution in [3.05, 3.63) is 126 Å². The van der Waals surface area contributed by atoms with Gasteiger partial charge in [-0.05, 0) is 31.3 Å². The molecule has 2 aromatic heterocycles. The van der Waals surface area contributed by atoms with E-state index in [0.29, 0.717) is 11.8 Å². The Kier molecular flexibility index (Phi) is 12.1. The largest absolute Gasteiger partial charge is 0.394 e. The molecule has 0 bridgehead atoms. The molecule has 284 valence electrons. The Morgan fingerprint density at radius 2 is 1.36 bits per heavy atom. The van der Waals surface area contributed by atoms with Gasteiger partial charge in [-0.15, -0.1) is 0 Å². The summed E-state index contributed by atoms with van der Waals surface area (Å²) in [4.78, 5) is 53.6. The average Bonchev–Trinajstić information content (AvgIpc) is 3.73. The number of aromatic nitrogens is 4. The molecular weight excluding hydrogens is 744 g/mol. The van der Waals surface area contributed by atoms with Crippen LogP contribution in [0.25, 0.3) is 0 Å². The van der Waals surface area contributed by atoms with E-state index in [2.05, 4.69) is 40.8 Å². The van der Waals surface area contributed by atoms with Gasteiger partial charge in [-0.2, -0.15) is 0 Å². The third kappa shape index (κ3) is 8.69. The van der Waals surface area contributed by atoms with Gasteiger partial charge in [-0.25, -0.2) is 14.2 Å². The normalized spacial score (nSPS) is 24.3. The van der Waals surface area contributed by atoms with E-state index in [1.165, 1.54) is 31.9 Å². The maximum absolute atomic E-state index is 14.8. The van der Waals surface area contributed by atoms with Crippen molar-refractivity contribution in [3.63, 3.8) is 0 Å². The van der Waals surface area contributed by atoms with Gasteiger partial charge in [0.2, 0.25) is 0 Å². The fourth-order valence-corrected chi connectivity index (χ4v) is 15.1. The highest BCUT2D eigenvalue weighted by Crippen LogP contribution is 2.63. The van der Waals surface area contributed by atoms with Crippen molar-refractivity contribution in [1.29, 1.82) is 0 Å². The second-order valence-corrected chi connectivity index (χ2v) is 21.9. The fourth-order valence-electron chi connectivity index (χ4n) is 6.64. The Labute approximate surface area is 309 Å². The van der Waals surface area contributed by atoms with E-state index in [-0.39, 0.29) is 30.6 Å². The molecule has 0 spiro atoms. The summed E-state index contributed by atoms with van der Waals surface area (Å²) in [5.41, 5.74) is -1.91. The average molecular weight is 787 g/mol. The second kappa shape index (κ2) is 16.4. The number of ether oxygens (including phenoxy) is 2. The third-order valence-corrected chi connectivity index (χ3v) is 18.4. The van der Waals surface area contributed by atoms with E-state index in [9.17, 15) is 34.0 Å². The summed E-state index contributed by atoms with van der Waals surface area (Å²) in [5.74, 6) is 0.353. The monoisotopic (exact) mass is 786 g/mol. The van der Waals surface area contributed by atoms with Crippen LogP contribution in [0.15, 0.2) is 92.2 Å². The molecular formula is C35H43N4O11PSSi. The summed E-state index contributed by atoms with van der Waals surface area (Å²) in [7, 11) is -2.36. The van der Waals surface area contributed by atoms with Crippen LogP contribution < -0.4 is 32.9 Å². The number of aliphatic hydroxyl groups is 2. The van der Waals surface area contributed by atoms with Crippen LogP contribution in [0.4, 0.5) is 0 Å². The van der Waals surface area contributed by atoms with Crippen LogP contribution >= 0.6 is 18.2 Å². The number of H-pyrrole nitrogens is 2. The highest BCUT2D eigenvalue weighted by Gasteiger charge is 2.44. The Hall–Kier alpha value is -3.64. The molecule has 0 radical (unpaired) electrons. The summed E-state index contributed by atoms with van der Waals surface area (Å²) in [6.07, 6.45) is -3.22. The van der Waals surface area contributed by atoms with Gasteiger partial charge in [-0.1, -0.05) is 77.6 Å². The minimum absolute atomic E-state index is 0.00410. The van der Waals surface area contributed by atoms with Gasteiger partial charge in [0, 0.05) is 42.1 Å². The molecule has 15 nitrogen and oxygen atoms in total. The topological polar surface area (TPSA) is 204 Å². The van der Waals surface area contributed by atoms with Crippen LogP contribution in [0.5, 0.6) is 0 Å². The van der Waals surface area contributed by atoms with Crippen LogP contribution in [-0.2, 0) is 23.1 Å². The number of rotatable bonds is 14. The van der Waals surface area contributed by atoms with Gasteiger partial charge in [0.1, 0.15) is 38.8 Å². The summed E-state index contributed by atoms with van der Waals surface area (Å²) >= 11 is 0.992. The molecule has 2 saturated heterocycles. The first-order valence-electron chi connectivity index (χ1n) is 17.2. The molecule has 6 rings (SSSR count). The minimum atomic E-state index is -4.13. The number of nitrogens with zero attached hydrogens (tertiary/aromatic N) is 2. The van der Waals surface area contributed by atoms with Crippen molar-refractivity contribution in [2.24, 2.45) is 0 Å². The van der Waals surface area contributed by atoms with E-state index in [4.69, 9.17) is 18.5 Å². The quantitative estimate of drug-likeness (QED) is 0.107. The highest BCUT2D eigenvalue weighted by molar-refractivity contribution is 8.55. The standard InChI is InChI=1S/C35H43N4O11PSSi/c1-22-18-38(34(44)36-32(22)42)30-16-26(41)29(49-30)21-47-51(46,50-27-17-31(48-28(27)20-40)39-19-23(2)33(43)37-35(39)45)52-14-15-53(3,24-10-6-4-7-11-24)25-12-8-5-9-13-25/h4-13,18-19,26-31,40-41H,14-17,20-21H2,1-3H3,(H,36,42,44)(H,37,43,45)/t26-,27-,28+,29+,30+,31+,51?/m0/s1. The Balaban J connectivity index is 1.24. The minimum Gasteiger partial charge on any atom is -0.394 e. The van der Waals surface area contributed by atoms with E-state index in [1.807, 2.05) is 36.4 Å². The number of aliphatic hydroxyl groups excluding tert-OH is 2. The van der Waals surface area contributed by atoms with Crippen molar-refractivity contribution in [2.75, 3.05) is 19.0 Å². The van der Waals surface area contributed by atoms with Crippen LogP contribution in [0.3, 0.4) is 0 Å². The number of benzene rings is 2. The molecule has 2 aliphatic heterocycles. The van der Waals surface area contributed by atoms with E-state index < -0.39 is 80.8 Å². The summed E-state index contributed by atoms with van der Waals surface area (Å²) in [6, 6.07) is 21.0. The van der Waals surface area contributed by atoms with Gasteiger partial charge in [0.05, 0.1) is 19.3 Å². The molecule has 2 fully saturated rings. The van der Waals surface area contributed by atoms with E-state index in [0.717, 1.165) is 11.4 Å². The maximum atomic E-state index is 14.8. The lowest BCUT2D eigenvalue weighted by atomic mass is 10.2. The number of nitrogens with one attached hydrogen (secondary N) is 2. The number of aryl methyl sites for hydroxylation is 2. The van der Waals surface area contributed by atoms with Gasteiger partial charge >= 0.3 is 18.2 Å². The molecule has 7 atom stereocenters. The lowest BCUT2D eigenvalue weighted by Gasteiger charge is -2.30. The van der Waals surface area contributed by atoms with Crippen molar-refractivity contribution >= 4 is 36.6 Å². The second-order valence-electron chi connectivity index (χ2n) is 13.5. The zero-order chi connectivity index (χ0) is 37.9. The Morgan fingerprint density at radius 3 is 1.89 bits per heavy atom. The lowest BCUT2D eigenvalue weighted by molar-refractivity contribution is -0.0510. The lowest BCUT2D eigenvalue weighted by Crippen LogP contribution is -2.55. The first-order valence-corrected chi connectivity index (χ1v) is 23.1. The molecule has 0 saturated carbocycles. The first kappa shape index (κ1) is 39.1. The first-order chi connectivity index (χ1) is 25.3. The molecule has 1 unspecified atom stereocenters. The van der Waals surface area contributed by atoms with Gasteiger partial charge in [0.15, 0.2) is 0 Å². The Morgan fingerprint density at radius 1 is 0.849 bits per heavy atom. The molecule has 53 heavy (non-hydrogen) atoms. The molecule has 18 heteroatoms. The van der Waals surface area contributed by atoms with Gasteiger partial charge < -0.3 is 19.7 Å². The molecule has 2 aliphatic rings. The van der Waals surface area contributed by atoms with E-state index >= 15 is 0 Å². The van der Waals surface area contributed by atoms with Crippen molar-refractivity contribution in [2.45, 2.75) is 76.2 Å². The van der Waals surface area contributed by atoms with E-state index in [1.54, 1.807) is 13.8 Å². The number of hydrogen-bond donors (Lipinski definition) is 4. The number of aromatic amines is 2. The molecule has 4 heterocycles. The third-order valence-electron chi connectivity index (χ3n) is 9.81. The van der Waals surface area contributed by atoms with Crippen LogP contribution in [-0.4, -0.2) is 80.8 Å². The Bertz CT molecular complexity index is 2140.